The van der Waals surface area contributed by atoms with Gasteiger partial charge in [-0.15, -0.1) is 0 Å². The molecule has 34 heavy (non-hydrogen) atoms. The van der Waals surface area contributed by atoms with Crippen molar-refractivity contribution in [1.29, 1.82) is 0 Å². The van der Waals surface area contributed by atoms with E-state index in [2.05, 4.69) is 38.3 Å². The number of carbonyl (C=O) groups excluding carboxylic acids is 3. The van der Waals surface area contributed by atoms with Crippen LogP contribution in [0.3, 0.4) is 0 Å². The predicted octanol–water partition coefficient (Wildman–Crippen LogP) is 4.47. The smallest absolute Gasteiger partial charge is 0.325 e. The first kappa shape index (κ1) is 23.4. The van der Waals surface area contributed by atoms with E-state index in [9.17, 15) is 14.4 Å². The Morgan fingerprint density at radius 1 is 1.06 bits per heavy atom. The van der Waals surface area contributed by atoms with Gasteiger partial charge in [-0.2, -0.15) is 0 Å². The van der Waals surface area contributed by atoms with Crippen LogP contribution in [0.1, 0.15) is 84.3 Å². The second-order valence-corrected chi connectivity index (χ2v) is 12.8. The summed E-state index contributed by atoms with van der Waals surface area (Å²) in [4.78, 5) is 40.2. The van der Waals surface area contributed by atoms with E-state index in [4.69, 9.17) is 0 Å². The molecule has 1 saturated heterocycles. The zero-order chi connectivity index (χ0) is 24.5. The van der Waals surface area contributed by atoms with Gasteiger partial charge in [-0.1, -0.05) is 45.0 Å². The van der Waals surface area contributed by atoms with Crippen LogP contribution in [0.5, 0.6) is 0 Å². The molecular weight excluding hydrogens is 426 g/mol. The van der Waals surface area contributed by atoms with Gasteiger partial charge in [-0.25, -0.2) is 4.79 Å². The number of amides is 4. The quantitative estimate of drug-likeness (QED) is 0.630. The number of benzene rings is 1. The molecule has 1 aromatic carbocycles. The number of imide groups is 1. The van der Waals surface area contributed by atoms with E-state index in [1.807, 2.05) is 24.3 Å². The zero-order valence-corrected chi connectivity index (χ0v) is 21.2. The Morgan fingerprint density at radius 3 is 2.09 bits per heavy atom. The third-order valence-electron chi connectivity index (χ3n) is 9.29. The molecule has 1 heterocycles. The van der Waals surface area contributed by atoms with Crippen molar-refractivity contribution < 1.29 is 14.4 Å². The summed E-state index contributed by atoms with van der Waals surface area (Å²) in [6, 6.07) is 7.36. The highest BCUT2D eigenvalue weighted by atomic mass is 16.2. The van der Waals surface area contributed by atoms with E-state index in [0.717, 1.165) is 33.8 Å². The third kappa shape index (κ3) is 3.83. The van der Waals surface area contributed by atoms with Gasteiger partial charge in [0.1, 0.15) is 12.1 Å². The Hall–Kier alpha value is -2.37. The molecule has 4 saturated carbocycles. The number of nitrogens with zero attached hydrogens (tertiary/aromatic N) is 1. The largest absolute Gasteiger partial charge is 0.352 e. The SMILES string of the molecule is CC(NC(=O)CN1C(=O)NC(C)(c2ccc(C(C)(C)C)cc2)C1=O)C12CC3CC(CC(C3)C1)C2. The highest BCUT2D eigenvalue weighted by molar-refractivity contribution is 6.09. The molecular formula is C28H39N3O3. The Balaban J connectivity index is 1.25. The minimum atomic E-state index is -1.17. The van der Waals surface area contributed by atoms with Crippen molar-refractivity contribution >= 4 is 17.8 Å². The molecule has 0 radical (unpaired) electrons. The number of hydrogen-bond acceptors (Lipinski definition) is 3. The lowest BCUT2D eigenvalue weighted by atomic mass is 9.48. The first-order valence-corrected chi connectivity index (χ1v) is 12.9. The van der Waals surface area contributed by atoms with Gasteiger partial charge in [0, 0.05) is 6.04 Å². The predicted molar refractivity (Wildman–Crippen MR) is 131 cm³/mol. The van der Waals surface area contributed by atoms with Crippen molar-refractivity contribution in [1.82, 2.24) is 15.5 Å². The molecule has 184 valence electrons. The molecule has 6 rings (SSSR count). The van der Waals surface area contributed by atoms with Crippen LogP contribution < -0.4 is 10.6 Å². The van der Waals surface area contributed by atoms with Crippen LogP contribution in [0.2, 0.25) is 0 Å². The molecule has 2 N–H and O–H groups in total. The average Bonchev–Trinajstić information content (AvgIpc) is 2.96. The molecule has 2 atom stereocenters. The van der Waals surface area contributed by atoms with Crippen molar-refractivity contribution in [3.8, 4) is 0 Å². The molecule has 5 aliphatic rings. The lowest BCUT2D eigenvalue weighted by molar-refractivity contribution is -0.136. The highest BCUT2D eigenvalue weighted by Crippen LogP contribution is 2.61. The van der Waals surface area contributed by atoms with E-state index in [1.165, 1.54) is 38.5 Å². The minimum absolute atomic E-state index is 0.000119. The molecule has 4 amide bonds. The van der Waals surface area contributed by atoms with Crippen LogP contribution in [0.15, 0.2) is 24.3 Å². The number of hydrogen-bond donors (Lipinski definition) is 2. The number of carbonyl (C=O) groups is 3. The van der Waals surface area contributed by atoms with E-state index in [-0.39, 0.29) is 35.2 Å². The van der Waals surface area contributed by atoms with Crippen molar-refractivity contribution in [2.75, 3.05) is 6.54 Å². The Kier molecular flexibility index (Phi) is 5.38. The van der Waals surface area contributed by atoms with E-state index in [1.54, 1.807) is 6.92 Å². The molecule has 0 aromatic heterocycles. The third-order valence-corrected chi connectivity index (χ3v) is 9.29. The van der Waals surface area contributed by atoms with Crippen LogP contribution in [-0.4, -0.2) is 35.3 Å². The van der Waals surface area contributed by atoms with Crippen molar-refractivity contribution in [3.63, 3.8) is 0 Å². The van der Waals surface area contributed by atoms with Gasteiger partial charge in [0.15, 0.2) is 0 Å². The lowest BCUT2D eigenvalue weighted by Crippen LogP contribution is -2.57. The zero-order valence-electron chi connectivity index (χ0n) is 21.2. The fraction of sp³-hybridized carbons (Fsp3) is 0.679. The van der Waals surface area contributed by atoms with Crippen LogP contribution in [0, 0.1) is 23.2 Å². The molecule has 0 spiro atoms. The molecule has 4 bridgehead atoms. The maximum atomic E-state index is 13.3. The fourth-order valence-corrected chi connectivity index (χ4v) is 7.63. The summed E-state index contributed by atoms with van der Waals surface area (Å²) < 4.78 is 0. The summed E-state index contributed by atoms with van der Waals surface area (Å²) in [7, 11) is 0. The van der Waals surface area contributed by atoms with Crippen LogP contribution >= 0.6 is 0 Å². The lowest BCUT2D eigenvalue weighted by Gasteiger charge is -2.59. The standard InChI is InChI=1S/C28H39N3O3/c1-17(28-13-18-10-19(14-28)12-20(11-18)15-28)29-23(32)16-31-24(33)27(5,30-25(31)34)22-8-6-21(7-9-22)26(2,3)4/h6-9,17-20H,10-16H2,1-5H3,(H,29,32)(H,30,34). The summed E-state index contributed by atoms with van der Waals surface area (Å²) in [5.74, 6) is 1.79. The highest BCUT2D eigenvalue weighted by Gasteiger charge is 2.54. The monoisotopic (exact) mass is 465 g/mol. The Morgan fingerprint density at radius 2 is 1.59 bits per heavy atom. The maximum Gasteiger partial charge on any atom is 0.325 e. The van der Waals surface area contributed by atoms with Crippen molar-refractivity contribution in [2.45, 2.75) is 90.1 Å². The molecule has 6 nitrogen and oxygen atoms in total. The van der Waals surface area contributed by atoms with Gasteiger partial charge in [0.25, 0.3) is 5.91 Å². The molecule has 2 unspecified atom stereocenters. The van der Waals surface area contributed by atoms with Gasteiger partial charge < -0.3 is 10.6 Å². The van der Waals surface area contributed by atoms with Crippen LogP contribution in [0.25, 0.3) is 0 Å². The van der Waals surface area contributed by atoms with Gasteiger partial charge in [-0.05, 0) is 92.1 Å². The molecule has 6 heteroatoms. The normalized spacial score (nSPS) is 35.4. The summed E-state index contributed by atoms with van der Waals surface area (Å²) in [5.41, 5.74) is 0.903. The van der Waals surface area contributed by atoms with Crippen LogP contribution in [-0.2, 0) is 20.5 Å². The molecule has 4 aliphatic carbocycles. The number of rotatable bonds is 5. The minimum Gasteiger partial charge on any atom is -0.352 e. The van der Waals surface area contributed by atoms with Gasteiger partial charge >= 0.3 is 6.03 Å². The van der Waals surface area contributed by atoms with Crippen LogP contribution in [0.4, 0.5) is 4.79 Å². The maximum absolute atomic E-state index is 13.3. The van der Waals surface area contributed by atoms with Crippen molar-refractivity contribution in [2.24, 2.45) is 23.2 Å². The second kappa shape index (κ2) is 7.82. The topological polar surface area (TPSA) is 78.5 Å². The first-order chi connectivity index (χ1) is 15.9. The van der Waals surface area contributed by atoms with Gasteiger partial charge in [0.05, 0.1) is 0 Å². The molecule has 1 aliphatic heterocycles. The van der Waals surface area contributed by atoms with Gasteiger partial charge in [0.2, 0.25) is 5.91 Å². The Bertz CT molecular complexity index is 973. The average molecular weight is 466 g/mol. The van der Waals surface area contributed by atoms with E-state index >= 15 is 0 Å². The fourth-order valence-electron chi connectivity index (χ4n) is 7.63. The van der Waals surface area contributed by atoms with E-state index in [0.29, 0.717) is 0 Å². The summed E-state index contributed by atoms with van der Waals surface area (Å²) >= 11 is 0. The Labute approximate surface area is 203 Å². The summed E-state index contributed by atoms with van der Waals surface area (Å²) in [6.07, 6.45) is 7.68. The molecule has 1 aromatic rings. The number of urea groups is 1. The number of nitrogens with one attached hydrogen (secondary N) is 2. The van der Waals surface area contributed by atoms with E-state index < -0.39 is 11.6 Å². The van der Waals surface area contributed by atoms with Crippen molar-refractivity contribution in [3.05, 3.63) is 35.4 Å². The molecule has 5 fully saturated rings. The summed E-state index contributed by atoms with van der Waals surface area (Å²) in [6.45, 7) is 10.0. The first-order valence-electron chi connectivity index (χ1n) is 12.9. The summed E-state index contributed by atoms with van der Waals surface area (Å²) in [5, 5.41) is 6.01. The van der Waals surface area contributed by atoms with Gasteiger partial charge in [-0.3, -0.25) is 14.5 Å². The second-order valence-electron chi connectivity index (χ2n) is 12.8.